The molecular formula is C8H16N2OS. The third-order valence-corrected chi connectivity index (χ3v) is 4.29. The second-order valence-electron chi connectivity index (χ2n) is 3.52. The Bertz CT molecular complexity index is 150. The fourth-order valence-corrected chi connectivity index (χ4v) is 3.08. The van der Waals surface area contributed by atoms with E-state index in [0.29, 0.717) is 5.54 Å². The van der Waals surface area contributed by atoms with Crippen LogP contribution in [0.25, 0.3) is 0 Å². The molecule has 12 heavy (non-hydrogen) atoms. The fraction of sp³-hybridized carbons (Fsp3) is 1.00. The lowest BCUT2D eigenvalue weighted by Gasteiger charge is -2.50. The van der Waals surface area contributed by atoms with Crippen molar-refractivity contribution in [2.45, 2.75) is 5.54 Å². The van der Waals surface area contributed by atoms with Crippen molar-refractivity contribution in [1.29, 1.82) is 0 Å². The van der Waals surface area contributed by atoms with Gasteiger partial charge in [0, 0.05) is 31.1 Å². The Morgan fingerprint density at radius 1 is 1.33 bits per heavy atom. The van der Waals surface area contributed by atoms with Gasteiger partial charge in [-0.15, -0.1) is 0 Å². The van der Waals surface area contributed by atoms with Gasteiger partial charge in [0.15, 0.2) is 0 Å². The van der Waals surface area contributed by atoms with Crippen LogP contribution < -0.4 is 5.73 Å². The van der Waals surface area contributed by atoms with E-state index in [9.17, 15) is 0 Å². The summed E-state index contributed by atoms with van der Waals surface area (Å²) in [6.45, 7) is 4.70. The lowest BCUT2D eigenvalue weighted by atomic mass is 10.0. The largest absolute Gasteiger partial charge is 0.379 e. The summed E-state index contributed by atoms with van der Waals surface area (Å²) in [5.74, 6) is 2.42. The smallest absolute Gasteiger partial charge is 0.0594 e. The summed E-state index contributed by atoms with van der Waals surface area (Å²) < 4.78 is 5.32. The van der Waals surface area contributed by atoms with Gasteiger partial charge in [0.25, 0.3) is 0 Å². The summed E-state index contributed by atoms with van der Waals surface area (Å²) in [5, 5.41) is 0. The van der Waals surface area contributed by atoms with Crippen LogP contribution in [0.4, 0.5) is 0 Å². The molecule has 0 saturated carbocycles. The number of morpholine rings is 1. The van der Waals surface area contributed by atoms with Gasteiger partial charge in [-0.3, -0.25) is 4.90 Å². The van der Waals surface area contributed by atoms with Crippen LogP contribution in [0.5, 0.6) is 0 Å². The average molecular weight is 188 g/mol. The van der Waals surface area contributed by atoms with Crippen molar-refractivity contribution in [3.8, 4) is 0 Å². The third-order valence-electron chi connectivity index (χ3n) is 2.80. The van der Waals surface area contributed by atoms with E-state index in [1.807, 2.05) is 11.8 Å². The minimum Gasteiger partial charge on any atom is -0.379 e. The molecule has 0 atom stereocenters. The zero-order valence-electron chi connectivity index (χ0n) is 7.29. The second kappa shape index (κ2) is 3.54. The predicted molar refractivity (Wildman–Crippen MR) is 51.5 cm³/mol. The number of rotatable bonds is 2. The van der Waals surface area contributed by atoms with E-state index >= 15 is 0 Å². The molecule has 0 bridgehead atoms. The van der Waals surface area contributed by atoms with Gasteiger partial charge in [-0.1, -0.05) is 0 Å². The van der Waals surface area contributed by atoms with Crippen LogP contribution in [0.1, 0.15) is 0 Å². The highest BCUT2D eigenvalue weighted by Crippen LogP contribution is 2.34. The molecule has 2 rings (SSSR count). The molecule has 2 saturated heterocycles. The Morgan fingerprint density at radius 2 is 2.00 bits per heavy atom. The number of thioether (sulfide) groups is 1. The Labute approximate surface area is 77.6 Å². The second-order valence-corrected chi connectivity index (χ2v) is 4.51. The first-order chi connectivity index (χ1) is 5.87. The topological polar surface area (TPSA) is 38.5 Å². The predicted octanol–water partition coefficient (Wildman–Crippen LogP) is -0.237. The maximum Gasteiger partial charge on any atom is 0.0594 e. The van der Waals surface area contributed by atoms with Crippen molar-refractivity contribution >= 4 is 11.8 Å². The van der Waals surface area contributed by atoms with E-state index in [4.69, 9.17) is 10.5 Å². The minimum atomic E-state index is 0.328. The molecule has 2 aliphatic rings. The lowest BCUT2D eigenvalue weighted by molar-refractivity contribution is -0.00735. The quantitative estimate of drug-likeness (QED) is 0.649. The average Bonchev–Trinajstić information content (AvgIpc) is 2.05. The molecular weight excluding hydrogens is 172 g/mol. The standard InChI is InChI=1S/C8H16N2OS/c9-5-8(6-12-7-8)10-1-3-11-4-2-10/h1-7,9H2. The number of hydrogen-bond acceptors (Lipinski definition) is 4. The van der Waals surface area contributed by atoms with E-state index in [0.717, 1.165) is 32.8 Å². The van der Waals surface area contributed by atoms with Crippen molar-refractivity contribution < 1.29 is 4.74 Å². The zero-order valence-corrected chi connectivity index (χ0v) is 8.11. The summed E-state index contributed by atoms with van der Waals surface area (Å²) in [6, 6.07) is 0. The van der Waals surface area contributed by atoms with E-state index in [1.54, 1.807) is 0 Å². The molecule has 0 radical (unpaired) electrons. The van der Waals surface area contributed by atoms with Gasteiger partial charge in [-0.05, 0) is 0 Å². The number of ether oxygens (including phenoxy) is 1. The van der Waals surface area contributed by atoms with Gasteiger partial charge in [0.05, 0.1) is 18.8 Å². The van der Waals surface area contributed by atoms with Crippen LogP contribution in [0, 0.1) is 0 Å². The molecule has 0 spiro atoms. The summed E-state index contributed by atoms with van der Waals surface area (Å²) in [4.78, 5) is 2.51. The van der Waals surface area contributed by atoms with Crippen LogP contribution in [0.2, 0.25) is 0 Å². The van der Waals surface area contributed by atoms with Gasteiger partial charge < -0.3 is 10.5 Å². The lowest BCUT2D eigenvalue weighted by Crippen LogP contribution is -2.64. The molecule has 0 aromatic rings. The van der Waals surface area contributed by atoms with Crippen LogP contribution in [0.3, 0.4) is 0 Å². The summed E-state index contributed by atoms with van der Waals surface area (Å²) >= 11 is 2.00. The molecule has 2 aliphatic heterocycles. The first-order valence-corrected chi connectivity index (χ1v) is 5.63. The first kappa shape index (κ1) is 8.81. The van der Waals surface area contributed by atoms with Gasteiger partial charge in [0.1, 0.15) is 0 Å². The molecule has 0 aromatic heterocycles. The molecule has 4 heteroatoms. The van der Waals surface area contributed by atoms with Crippen LogP contribution in [0.15, 0.2) is 0 Å². The molecule has 0 unspecified atom stereocenters. The molecule has 0 aromatic carbocycles. The Hall–Kier alpha value is 0.230. The van der Waals surface area contributed by atoms with Crippen molar-refractivity contribution in [3.05, 3.63) is 0 Å². The highest BCUT2D eigenvalue weighted by atomic mass is 32.2. The molecule has 0 aliphatic carbocycles. The van der Waals surface area contributed by atoms with Gasteiger partial charge in [0.2, 0.25) is 0 Å². The molecule has 2 N–H and O–H groups in total. The van der Waals surface area contributed by atoms with Crippen molar-refractivity contribution in [2.75, 3.05) is 44.4 Å². The highest BCUT2D eigenvalue weighted by molar-refractivity contribution is 8.00. The van der Waals surface area contributed by atoms with Crippen LogP contribution >= 0.6 is 11.8 Å². The van der Waals surface area contributed by atoms with E-state index in [2.05, 4.69) is 4.90 Å². The number of nitrogens with two attached hydrogens (primary N) is 1. The maximum absolute atomic E-state index is 5.80. The van der Waals surface area contributed by atoms with Crippen molar-refractivity contribution in [1.82, 2.24) is 4.90 Å². The number of hydrogen-bond donors (Lipinski definition) is 1. The van der Waals surface area contributed by atoms with Gasteiger partial charge >= 0.3 is 0 Å². The minimum absolute atomic E-state index is 0.328. The normalized spacial score (nSPS) is 29.8. The molecule has 3 nitrogen and oxygen atoms in total. The Kier molecular flexibility index (Phi) is 2.60. The summed E-state index contributed by atoms with van der Waals surface area (Å²) in [7, 11) is 0. The number of nitrogens with zero attached hydrogens (tertiary/aromatic N) is 1. The maximum atomic E-state index is 5.80. The zero-order chi connectivity index (χ0) is 8.44. The third kappa shape index (κ3) is 1.37. The van der Waals surface area contributed by atoms with Crippen molar-refractivity contribution in [2.24, 2.45) is 5.73 Å². The summed E-state index contributed by atoms with van der Waals surface area (Å²) in [6.07, 6.45) is 0. The van der Waals surface area contributed by atoms with Crippen LogP contribution in [-0.2, 0) is 4.74 Å². The van der Waals surface area contributed by atoms with Crippen molar-refractivity contribution in [3.63, 3.8) is 0 Å². The fourth-order valence-electron chi connectivity index (χ4n) is 1.80. The van der Waals surface area contributed by atoms with E-state index < -0.39 is 0 Å². The SMILES string of the molecule is NCC1(N2CCOCC2)CSC1. The molecule has 2 fully saturated rings. The molecule has 0 amide bonds. The molecule has 2 heterocycles. The monoisotopic (exact) mass is 188 g/mol. The molecule has 70 valence electrons. The Balaban J connectivity index is 1.95. The van der Waals surface area contributed by atoms with E-state index in [-0.39, 0.29) is 0 Å². The first-order valence-electron chi connectivity index (χ1n) is 4.48. The highest BCUT2D eigenvalue weighted by Gasteiger charge is 2.42. The van der Waals surface area contributed by atoms with Crippen LogP contribution in [-0.4, -0.2) is 54.8 Å². The Morgan fingerprint density at radius 3 is 2.42 bits per heavy atom. The van der Waals surface area contributed by atoms with Gasteiger partial charge in [-0.25, -0.2) is 0 Å². The van der Waals surface area contributed by atoms with E-state index in [1.165, 1.54) is 11.5 Å². The summed E-state index contributed by atoms with van der Waals surface area (Å²) in [5.41, 5.74) is 6.13. The van der Waals surface area contributed by atoms with Gasteiger partial charge in [-0.2, -0.15) is 11.8 Å².